The molecule has 0 saturated heterocycles. The first-order valence-corrected chi connectivity index (χ1v) is 6.97. The van der Waals surface area contributed by atoms with Crippen LogP contribution in [0.1, 0.15) is 52.9 Å². The van der Waals surface area contributed by atoms with Crippen molar-refractivity contribution in [2.24, 2.45) is 11.8 Å². The Morgan fingerprint density at radius 1 is 1.18 bits per heavy atom. The third-order valence-electron chi connectivity index (χ3n) is 3.62. The highest BCUT2D eigenvalue weighted by Gasteiger charge is 2.25. The highest BCUT2D eigenvalue weighted by atomic mass is 16.4. The molecule has 0 spiro atoms. The highest BCUT2D eigenvalue weighted by molar-refractivity contribution is 5.69. The molecule has 0 aliphatic heterocycles. The highest BCUT2D eigenvalue weighted by Crippen LogP contribution is 2.24. The summed E-state index contributed by atoms with van der Waals surface area (Å²) in [7, 11) is 0. The van der Waals surface area contributed by atoms with E-state index in [1.807, 2.05) is 6.92 Å². The van der Waals surface area contributed by atoms with Crippen molar-refractivity contribution in [1.82, 2.24) is 4.90 Å². The van der Waals surface area contributed by atoms with Gasteiger partial charge in [-0.1, -0.05) is 40.0 Å². The first-order valence-electron chi connectivity index (χ1n) is 6.97. The molecule has 0 heterocycles. The van der Waals surface area contributed by atoms with Crippen molar-refractivity contribution in [2.45, 2.75) is 58.9 Å². The van der Waals surface area contributed by atoms with Crippen LogP contribution in [0.25, 0.3) is 0 Å². The fourth-order valence-corrected chi connectivity index (χ4v) is 2.72. The summed E-state index contributed by atoms with van der Waals surface area (Å²) >= 11 is 0. The monoisotopic (exact) mass is 241 g/mol. The van der Waals surface area contributed by atoms with Gasteiger partial charge in [0.2, 0.25) is 0 Å². The molecule has 0 aromatic rings. The van der Waals surface area contributed by atoms with Crippen LogP contribution < -0.4 is 0 Å². The van der Waals surface area contributed by atoms with Crippen LogP contribution in [0.3, 0.4) is 0 Å². The number of hydrogen-bond acceptors (Lipinski definition) is 2. The zero-order chi connectivity index (χ0) is 12.8. The second-order valence-corrected chi connectivity index (χ2v) is 5.88. The van der Waals surface area contributed by atoms with Gasteiger partial charge in [-0.25, -0.2) is 0 Å². The smallest absolute Gasteiger partial charge is 0.307 e. The number of carboxylic acids is 1. The Kier molecular flexibility index (Phi) is 5.96. The van der Waals surface area contributed by atoms with E-state index in [0.717, 1.165) is 6.54 Å². The molecule has 17 heavy (non-hydrogen) atoms. The van der Waals surface area contributed by atoms with Gasteiger partial charge < -0.3 is 5.11 Å². The van der Waals surface area contributed by atoms with Crippen LogP contribution in [0, 0.1) is 11.8 Å². The zero-order valence-corrected chi connectivity index (χ0v) is 11.5. The fraction of sp³-hybridized carbons (Fsp3) is 0.929. The molecule has 0 radical (unpaired) electrons. The van der Waals surface area contributed by atoms with E-state index in [-0.39, 0.29) is 5.92 Å². The van der Waals surface area contributed by atoms with Gasteiger partial charge >= 0.3 is 5.97 Å². The number of carboxylic acid groups (broad SMARTS) is 1. The van der Waals surface area contributed by atoms with Crippen LogP contribution in [-0.2, 0) is 4.79 Å². The lowest BCUT2D eigenvalue weighted by Crippen LogP contribution is -2.43. The maximum atomic E-state index is 11.0. The summed E-state index contributed by atoms with van der Waals surface area (Å²) in [6, 6.07) is 0.618. The van der Waals surface area contributed by atoms with E-state index in [9.17, 15) is 4.79 Å². The molecule has 1 aliphatic rings. The molecule has 0 aromatic heterocycles. The molecule has 1 unspecified atom stereocenters. The molecule has 0 aromatic carbocycles. The molecule has 100 valence electrons. The lowest BCUT2D eigenvalue weighted by Gasteiger charge is -2.36. The number of rotatable bonds is 6. The van der Waals surface area contributed by atoms with Gasteiger partial charge in [-0.15, -0.1) is 0 Å². The van der Waals surface area contributed by atoms with E-state index in [1.165, 1.54) is 32.1 Å². The zero-order valence-electron chi connectivity index (χ0n) is 11.5. The Morgan fingerprint density at radius 3 is 2.24 bits per heavy atom. The van der Waals surface area contributed by atoms with Gasteiger partial charge in [0.25, 0.3) is 0 Å². The summed E-state index contributed by atoms with van der Waals surface area (Å²) in [5.41, 5.74) is 0. The van der Waals surface area contributed by atoms with E-state index in [1.54, 1.807) is 0 Å². The Morgan fingerprint density at radius 2 is 1.76 bits per heavy atom. The molecular formula is C14H27NO2. The first-order chi connectivity index (χ1) is 8.00. The summed E-state index contributed by atoms with van der Waals surface area (Å²) in [6.07, 6.45) is 6.46. The number of hydrogen-bond donors (Lipinski definition) is 1. The third kappa shape index (κ3) is 5.07. The van der Waals surface area contributed by atoms with Gasteiger partial charge in [0.1, 0.15) is 0 Å². The minimum atomic E-state index is -0.672. The largest absolute Gasteiger partial charge is 0.481 e. The Hall–Kier alpha value is -0.570. The maximum absolute atomic E-state index is 11.0. The van der Waals surface area contributed by atoms with Crippen LogP contribution in [0.5, 0.6) is 0 Å². The summed E-state index contributed by atoms with van der Waals surface area (Å²) in [5.74, 6) is -0.317. The van der Waals surface area contributed by atoms with E-state index >= 15 is 0 Å². The van der Waals surface area contributed by atoms with Crippen molar-refractivity contribution in [3.05, 3.63) is 0 Å². The lowest BCUT2D eigenvalue weighted by molar-refractivity contribution is -0.142. The summed E-state index contributed by atoms with van der Waals surface area (Å²) < 4.78 is 0. The average molecular weight is 241 g/mol. The summed E-state index contributed by atoms with van der Waals surface area (Å²) in [6.45, 7) is 7.97. The van der Waals surface area contributed by atoms with E-state index in [2.05, 4.69) is 18.7 Å². The van der Waals surface area contributed by atoms with Gasteiger partial charge in [0, 0.05) is 19.1 Å². The quantitative estimate of drug-likeness (QED) is 0.777. The predicted molar refractivity (Wildman–Crippen MR) is 70.1 cm³/mol. The van der Waals surface area contributed by atoms with Gasteiger partial charge in [-0.3, -0.25) is 9.69 Å². The van der Waals surface area contributed by atoms with Crippen LogP contribution >= 0.6 is 0 Å². The average Bonchev–Trinajstić information content (AvgIpc) is 2.28. The van der Waals surface area contributed by atoms with Crippen LogP contribution in [0.15, 0.2) is 0 Å². The number of carbonyl (C=O) groups is 1. The second kappa shape index (κ2) is 7.00. The van der Waals surface area contributed by atoms with Crippen molar-refractivity contribution in [3.8, 4) is 0 Å². The number of nitrogens with zero attached hydrogens (tertiary/aromatic N) is 1. The van der Waals surface area contributed by atoms with Gasteiger partial charge in [-0.05, 0) is 18.8 Å². The molecule has 1 aliphatic carbocycles. The topological polar surface area (TPSA) is 40.5 Å². The molecule has 0 bridgehead atoms. The Bertz CT molecular complexity index is 234. The molecule has 0 amide bonds. The normalized spacial score (nSPS) is 19.8. The molecule has 1 atom stereocenters. The van der Waals surface area contributed by atoms with Crippen molar-refractivity contribution in [1.29, 1.82) is 0 Å². The summed E-state index contributed by atoms with van der Waals surface area (Å²) in [4.78, 5) is 13.4. The first kappa shape index (κ1) is 14.5. The van der Waals surface area contributed by atoms with Crippen LogP contribution in [0.4, 0.5) is 0 Å². The second-order valence-electron chi connectivity index (χ2n) is 5.88. The Balaban J connectivity index is 2.55. The van der Waals surface area contributed by atoms with Crippen molar-refractivity contribution < 1.29 is 9.90 Å². The molecule has 1 rings (SSSR count). The molecular weight excluding hydrogens is 214 g/mol. The van der Waals surface area contributed by atoms with Crippen molar-refractivity contribution in [2.75, 3.05) is 13.1 Å². The number of aliphatic carboxylic acids is 1. The van der Waals surface area contributed by atoms with Gasteiger partial charge in [-0.2, -0.15) is 0 Å². The predicted octanol–water partition coefficient (Wildman–Crippen LogP) is 3.00. The van der Waals surface area contributed by atoms with Gasteiger partial charge in [0.15, 0.2) is 0 Å². The van der Waals surface area contributed by atoms with Crippen molar-refractivity contribution in [3.63, 3.8) is 0 Å². The van der Waals surface area contributed by atoms with Crippen molar-refractivity contribution >= 4 is 5.97 Å². The van der Waals surface area contributed by atoms with Crippen LogP contribution in [0.2, 0.25) is 0 Å². The minimum Gasteiger partial charge on any atom is -0.481 e. The third-order valence-corrected chi connectivity index (χ3v) is 3.62. The lowest BCUT2D eigenvalue weighted by atomic mass is 9.93. The standard InChI is InChI=1S/C14H27NO2/c1-11(2)9-15(10-12(3)14(16)17)13-7-5-4-6-8-13/h11-13H,4-10H2,1-3H3,(H,16,17). The molecule has 1 fully saturated rings. The van der Waals surface area contributed by atoms with E-state index in [4.69, 9.17) is 5.11 Å². The maximum Gasteiger partial charge on any atom is 0.307 e. The molecule has 1 N–H and O–H groups in total. The van der Waals surface area contributed by atoms with Crippen LogP contribution in [-0.4, -0.2) is 35.1 Å². The molecule has 1 saturated carbocycles. The van der Waals surface area contributed by atoms with Gasteiger partial charge in [0.05, 0.1) is 5.92 Å². The minimum absolute atomic E-state index is 0.254. The van der Waals surface area contributed by atoms with E-state index < -0.39 is 5.97 Å². The molecule has 3 heteroatoms. The fourth-order valence-electron chi connectivity index (χ4n) is 2.72. The SMILES string of the molecule is CC(C)CN(CC(C)C(=O)O)C1CCCCC1. The summed E-state index contributed by atoms with van der Waals surface area (Å²) in [5, 5.41) is 9.04. The van der Waals surface area contributed by atoms with E-state index in [0.29, 0.717) is 18.5 Å². The Labute approximate surface area is 105 Å². The molecule has 3 nitrogen and oxygen atoms in total.